The molecule has 1 aliphatic rings. The van der Waals surface area contributed by atoms with Crippen molar-refractivity contribution in [1.82, 2.24) is 0 Å². The third-order valence-corrected chi connectivity index (χ3v) is 4.34. The molecule has 0 amide bonds. The van der Waals surface area contributed by atoms with Crippen LogP contribution >= 0.6 is 15.9 Å². The maximum Gasteiger partial charge on any atom is 0.194 e. The topological polar surface area (TPSA) is 34.1 Å². The summed E-state index contributed by atoms with van der Waals surface area (Å²) < 4.78 is 0.798. The number of hydrogen-bond acceptors (Lipinski definition) is 2. The number of carbonyl (C=O) groups is 2. The molecule has 21 heavy (non-hydrogen) atoms. The third-order valence-electron chi connectivity index (χ3n) is 3.85. The molecule has 0 heterocycles. The van der Waals surface area contributed by atoms with E-state index in [1.54, 1.807) is 18.2 Å². The van der Waals surface area contributed by atoms with Crippen LogP contribution in [0.3, 0.4) is 0 Å². The number of fused-ring (bicyclic) bond motifs is 3. The maximum atomic E-state index is 12.7. The molecule has 0 bridgehead atoms. The standard InChI is InChI=1S/C18H9BrO2/c19-12-5-6-13-16(9-12)18(21)15-8-11-4-2-1-3-10(11)7-14(15)17(13)20/h1-9H. The molecular weight excluding hydrogens is 328 g/mol. The highest BCUT2D eigenvalue weighted by molar-refractivity contribution is 9.10. The fraction of sp³-hybridized carbons (Fsp3) is 0. The van der Waals surface area contributed by atoms with E-state index in [2.05, 4.69) is 15.9 Å². The lowest BCUT2D eigenvalue weighted by Crippen LogP contribution is -2.20. The van der Waals surface area contributed by atoms with E-state index in [1.165, 1.54) is 0 Å². The molecular formula is C18H9BrO2. The quantitative estimate of drug-likeness (QED) is 0.477. The van der Waals surface area contributed by atoms with Crippen LogP contribution in [0.4, 0.5) is 0 Å². The summed E-state index contributed by atoms with van der Waals surface area (Å²) in [4.78, 5) is 25.3. The van der Waals surface area contributed by atoms with Crippen molar-refractivity contribution in [3.63, 3.8) is 0 Å². The first-order chi connectivity index (χ1) is 10.1. The highest BCUT2D eigenvalue weighted by atomic mass is 79.9. The van der Waals surface area contributed by atoms with E-state index >= 15 is 0 Å². The summed E-state index contributed by atoms with van der Waals surface area (Å²) in [5.41, 5.74) is 1.93. The maximum absolute atomic E-state index is 12.7. The smallest absolute Gasteiger partial charge is 0.194 e. The van der Waals surface area contributed by atoms with E-state index in [1.807, 2.05) is 36.4 Å². The Hall–Kier alpha value is -2.26. The number of carbonyl (C=O) groups excluding carboxylic acids is 2. The van der Waals surface area contributed by atoms with Gasteiger partial charge in [-0.15, -0.1) is 0 Å². The van der Waals surface area contributed by atoms with Crippen molar-refractivity contribution >= 4 is 38.3 Å². The molecule has 0 unspecified atom stereocenters. The highest BCUT2D eigenvalue weighted by Crippen LogP contribution is 2.31. The first-order valence-electron chi connectivity index (χ1n) is 6.57. The van der Waals surface area contributed by atoms with Gasteiger partial charge in [-0.25, -0.2) is 0 Å². The lowest BCUT2D eigenvalue weighted by Gasteiger charge is -2.18. The summed E-state index contributed by atoms with van der Waals surface area (Å²) in [5.74, 6) is -0.176. The van der Waals surface area contributed by atoms with E-state index in [0.29, 0.717) is 22.3 Å². The normalized spacial score (nSPS) is 13.2. The van der Waals surface area contributed by atoms with Crippen molar-refractivity contribution in [3.05, 3.63) is 81.3 Å². The average Bonchev–Trinajstić information content (AvgIpc) is 2.51. The van der Waals surface area contributed by atoms with Gasteiger partial charge < -0.3 is 0 Å². The van der Waals surface area contributed by atoms with Crippen molar-refractivity contribution in [1.29, 1.82) is 0 Å². The molecule has 0 aliphatic heterocycles. The van der Waals surface area contributed by atoms with Crippen molar-refractivity contribution in [2.75, 3.05) is 0 Å². The molecule has 2 nitrogen and oxygen atoms in total. The second-order valence-corrected chi connectivity index (χ2v) is 6.01. The van der Waals surface area contributed by atoms with Gasteiger partial charge in [0.25, 0.3) is 0 Å². The summed E-state index contributed by atoms with van der Waals surface area (Å²) in [7, 11) is 0. The number of halogens is 1. The molecule has 0 spiro atoms. The van der Waals surface area contributed by atoms with Crippen molar-refractivity contribution in [3.8, 4) is 0 Å². The van der Waals surface area contributed by atoms with Crippen LogP contribution < -0.4 is 0 Å². The van der Waals surface area contributed by atoms with Crippen LogP contribution in [0, 0.1) is 0 Å². The second kappa shape index (κ2) is 4.37. The van der Waals surface area contributed by atoms with Gasteiger partial charge in [0.1, 0.15) is 0 Å². The van der Waals surface area contributed by atoms with Crippen molar-refractivity contribution < 1.29 is 9.59 Å². The Labute approximate surface area is 129 Å². The summed E-state index contributed by atoms with van der Waals surface area (Å²) in [5, 5.41) is 1.94. The number of ketones is 2. The minimum absolute atomic E-state index is 0.0853. The van der Waals surface area contributed by atoms with Gasteiger partial charge in [0.2, 0.25) is 0 Å². The lowest BCUT2D eigenvalue weighted by atomic mass is 9.83. The van der Waals surface area contributed by atoms with Gasteiger partial charge in [-0.2, -0.15) is 0 Å². The molecule has 0 radical (unpaired) electrons. The predicted octanol–water partition coefficient (Wildman–Crippen LogP) is 4.38. The summed E-state index contributed by atoms with van der Waals surface area (Å²) in [6.07, 6.45) is 0. The monoisotopic (exact) mass is 336 g/mol. The van der Waals surface area contributed by atoms with Crippen LogP contribution in [0.15, 0.2) is 59.1 Å². The Bertz CT molecular complexity index is 941. The molecule has 0 saturated carbocycles. The fourth-order valence-corrected chi connectivity index (χ4v) is 3.17. The first-order valence-corrected chi connectivity index (χ1v) is 7.36. The van der Waals surface area contributed by atoms with Crippen LogP contribution in [-0.2, 0) is 0 Å². The van der Waals surface area contributed by atoms with E-state index < -0.39 is 0 Å². The number of rotatable bonds is 0. The Morgan fingerprint density at radius 1 is 0.619 bits per heavy atom. The lowest BCUT2D eigenvalue weighted by molar-refractivity contribution is 0.0979. The van der Waals surface area contributed by atoms with E-state index in [4.69, 9.17) is 0 Å². The van der Waals surface area contributed by atoms with Crippen LogP contribution in [-0.4, -0.2) is 11.6 Å². The molecule has 3 aromatic rings. The van der Waals surface area contributed by atoms with Gasteiger partial charge in [0, 0.05) is 26.7 Å². The summed E-state index contributed by atoms with van der Waals surface area (Å²) in [6.45, 7) is 0. The van der Waals surface area contributed by atoms with E-state index in [0.717, 1.165) is 15.2 Å². The summed E-state index contributed by atoms with van der Waals surface area (Å²) in [6, 6.07) is 16.6. The first kappa shape index (κ1) is 12.5. The van der Waals surface area contributed by atoms with Gasteiger partial charge in [0.05, 0.1) is 0 Å². The molecule has 0 N–H and O–H groups in total. The number of benzene rings is 3. The SMILES string of the molecule is O=C1c2ccc(Br)cc2C(=O)c2cc3ccccc3cc21. The molecule has 0 atom stereocenters. The van der Waals surface area contributed by atoms with Crippen LogP contribution in [0.2, 0.25) is 0 Å². The molecule has 100 valence electrons. The Kier molecular flexibility index (Phi) is 2.59. The highest BCUT2D eigenvalue weighted by Gasteiger charge is 2.29. The molecule has 3 heteroatoms. The van der Waals surface area contributed by atoms with Gasteiger partial charge in [-0.05, 0) is 41.1 Å². The third kappa shape index (κ3) is 1.78. The summed E-state index contributed by atoms with van der Waals surface area (Å²) >= 11 is 3.35. The zero-order chi connectivity index (χ0) is 14.6. The van der Waals surface area contributed by atoms with Crippen LogP contribution in [0.1, 0.15) is 31.8 Å². The number of hydrogen-bond donors (Lipinski definition) is 0. The molecule has 0 fully saturated rings. The molecule has 0 saturated heterocycles. The largest absolute Gasteiger partial charge is 0.289 e. The van der Waals surface area contributed by atoms with Crippen LogP contribution in [0.25, 0.3) is 10.8 Å². The molecule has 4 rings (SSSR count). The molecule has 0 aromatic heterocycles. The van der Waals surface area contributed by atoms with Gasteiger partial charge in [-0.3, -0.25) is 9.59 Å². The van der Waals surface area contributed by atoms with Gasteiger partial charge in [0.15, 0.2) is 11.6 Å². The molecule has 1 aliphatic carbocycles. The van der Waals surface area contributed by atoms with Crippen molar-refractivity contribution in [2.24, 2.45) is 0 Å². The average molecular weight is 337 g/mol. The Balaban J connectivity index is 2.06. The van der Waals surface area contributed by atoms with E-state index in [-0.39, 0.29) is 11.6 Å². The fourth-order valence-electron chi connectivity index (χ4n) is 2.81. The Morgan fingerprint density at radius 2 is 1.14 bits per heavy atom. The van der Waals surface area contributed by atoms with E-state index in [9.17, 15) is 9.59 Å². The zero-order valence-corrected chi connectivity index (χ0v) is 12.5. The van der Waals surface area contributed by atoms with Crippen LogP contribution in [0.5, 0.6) is 0 Å². The predicted molar refractivity (Wildman–Crippen MR) is 85.0 cm³/mol. The Morgan fingerprint density at radius 3 is 1.76 bits per heavy atom. The molecule has 3 aromatic carbocycles. The second-order valence-electron chi connectivity index (χ2n) is 5.09. The van der Waals surface area contributed by atoms with Gasteiger partial charge >= 0.3 is 0 Å². The minimum Gasteiger partial charge on any atom is -0.289 e. The van der Waals surface area contributed by atoms with Crippen molar-refractivity contribution in [2.45, 2.75) is 0 Å². The zero-order valence-electron chi connectivity index (χ0n) is 10.9. The van der Waals surface area contributed by atoms with Gasteiger partial charge in [-0.1, -0.05) is 40.2 Å². The minimum atomic E-state index is -0.0911.